The molecule has 0 aliphatic carbocycles. The molecule has 0 aliphatic rings. The van der Waals surface area contributed by atoms with Gasteiger partial charge in [-0.15, -0.1) is 0 Å². The molecule has 0 bridgehead atoms. The van der Waals surface area contributed by atoms with Crippen molar-refractivity contribution < 1.29 is 29.3 Å². The Morgan fingerprint density at radius 2 is 1.45 bits per heavy atom. The van der Waals surface area contributed by atoms with Crippen LogP contribution in [0.5, 0.6) is 0 Å². The second kappa shape index (κ2) is 12.9. The summed E-state index contributed by atoms with van der Waals surface area (Å²) in [6, 6.07) is 0. The van der Waals surface area contributed by atoms with E-state index in [2.05, 4.69) is 4.74 Å². The molecule has 0 saturated heterocycles. The fourth-order valence-electron chi connectivity index (χ4n) is 1.66. The van der Waals surface area contributed by atoms with E-state index in [0.717, 1.165) is 38.5 Å². The van der Waals surface area contributed by atoms with Crippen molar-refractivity contribution in [3.05, 3.63) is 0 Å². The summed E-state index contributed by atoms with van der Waals surface area (Å²) >= 11 is 0. The number of hydrogen-bond donors (Lipinski definition) is 2. The molecule has 0 rings (SSSR count). The van der Waals surface area contributed by atoms with Crippen LogP contribution in [0.3, 0.4) is 0 Å². The topological polar surface area (TPSA) is 93.1 Å². The Hall–Kier alpha value is -1.14. The highest BCUT2D eigenvalue weighted by atomic mass is 16.5. The molecular weight excluding hydrogens is 264 g/mol. The lowest BCUT2D eigenvalue weighted by Crippen LogP contribution is -2.21. The molecule has 1 atom stereocenters. The number of rotatable bonds is 12. The molecule has 0 aliphatic heterocycles. The first-order valence-corrected chi connectivity index (χ1v) is 7.11. The van der Waals surface area contributed by atoms with E-state index in [1.807, 2.05) is 0 Å². The third-order valence-corrected chi connectivity index (χ3v) is 2.89. The van der Waals surface area contributed by atoms with E-state index in [9.17, 15) is 9.59 Å². The van der Waals surface area contributed by atoms with Gasteiger partial charge in [-0.05, 0) is 12.8 Å². The molecule has 0 spiro atoms. The number of ether oxygens (including phenoxy) is 2. The smallest absolute Gasteiger partial charge is 0.305 e. The van der Waals surface area contributed by atoms with Crippen LogP contribution in [0.1, 0.15) is 51.4 Å². The zero-order chi connectivity index (χ0) is 15.2. The van der Waals surface area contributed by atoms with E-state index in [-0.39, 0.29) is 18.5 Å². The summed E-state index contributed by atoms with van der Waals surface area (Å²) in [4.78, 5) is 22.1. The van der Waals surface area contributed by atoms with Crippen LogP contribution >= 0.6 is 0 Å². The largest absolute Gasteiger partial charge is 0.469 e. The second-order valence-electron chi connectivity index (χ2n) is 4.72. The van der Waals surface area contributed by atoms with Crippen LogP contribution in [0.15, 0.2) is 0 Å². The van der Waals surface area contributed by atoms with Crippen molar-refractivity contribution in [2.24, 2.45) is 0 Å². The Morgan fingerprint density at radius 1 is 0.950 bits per heavy atom. The number of methoxy groups -OCH3 is 1. The number of carbonyl (C=O) groups is 2. The molecule has 0 radical (unpaired) electrons. The van der Waals surface area contributed by atoms with Gasteiger partial charge in [0.2, 0.25) is 0 Å². The SMILES string of the molecule is COC(=O)CCCCCCCCC(=O)OCC(O)CO. The summed E-state index contributed by atoms with van der Waals surface area (Å²) in [5, 5.41) is 17.5. The fourth-order valence-corrected chi connectivity index (χ4v) is 1.66. The molecular formula is C14H26O6. The van der Waals surface area contributed by atoms with Gasteiger partial charge in [-0.2, -0.15) is 0 Å². The molecule has 0 aromatic carbocycles. The first-order valence-electron chi connectivity index (χ1n) is 7.11. The number of aliphatic hydroxyl groups excluding tert-OH is 2. The summed E-state index contributed by atoms with van der Waals surface area (Å²) in [7, 11) is 1.39. The van der Waals surface area contributed by atoms with Gasteiger partial charge in [0.15, 0.2) is 0 Å². The highest BCUT2D eigenvalue weighted by Gasteiger charge is 2.07. The van der Waals surface area contributed by atoms with Gasteiger partial charge in [-0.3, -0.25) is 9.59 Å². The Morgan fingerprint density at radius 3 is 1.95 bits per heavy atom. The van der Waals surface area contributed by atoms with E-state index in [1.165, 1.54) is 7.11 Å². The summed E-state index contributed by atoms with van der Waals surface area (Å²) in [5.74, 6) is -0.513. The minimum Gasteiger partial charge on any atom is -0.469 e. The van der Waals surface area contributed by atoms with E-state index >= 15 is 0 Å². The van der Waals surface area contributed by atoms with Gasteiger partial charge < -0.3 is 19.7 Å². The zero-order valence-corrected chi connectivity index (χ0v) is 12.2. The van der Waals surface area contributed by atoms with Crippen LogP contribution in [0.25, 0.3) is 0 Å². The van der Waals surface area contributed by atoms with Crippen molar-refractivity contribution in [2.45, 2.75) is 57.5 Å². The fraction of sp³-hybridized carbons (Fsp3) is 0.857. The van der Waals surface area contributed by atoms with Crippen molar-refractivity contribution in [2.75, 3.05) is 20.3 Å². The summed E-state index contributed by atoms with van der Waals surface area (Å²) in [6.45, 7) is -0.554. The monoisotopic (exact) mass is 290 g/mol. The molecule has 118 valence electrons. The molecule has 6 nitrogen and oxygen atoms in total. The Labute approximate surface area is 120 Å². The maximum absolute atomic E-state index is 11.2. The molecule has 0 amide bonds. The zero-order valence-electron chi connectivity index (χ0n) is 12.2. The minimum atomic E-state index is -0.992. The summed E-state index contributed by atoms with van der Waals surface area (Å²) in [6.07, 6.45) is 5.39. The predicted molar refractivity (Wildman–Crippen MR) is 73.0 cm³/mol. The van der Waals surface area contributed by atoms with Gasteiger partial charge in [-0.25, -0.2) is 0 Å². The van der Waals surface area contributed by atoms with Crippen LogP contribution < -0.4 is 0 Å². The third kappa shape index (κ3) is 11.9. The summed E-state index contributed by atoms with van der Waals surface area (Å²) in [5.41, 5.74) is 0. The van der Waals surface area contributed by atoms with Gasteiger partial charge in [0.25, 0.3) is 0 Å². The lowest BCUT2D eigenvalue weighted by atomic mass is 10.1. The van der Waals surface area contributed by atoms with Crippen molar-refractivity contribution in [3.63, 3.8) is 0 Å². The van der Waals surface area contributed by atoms with Crippen LogP contribution in [0.4, 0.5) is 0 Å². The Balaban J connectivity index is 3.27. The molecule has 6 heteroatoms. The standard InChI is InChI=1S/C14H26O6/c1-19-13(17)8-6-4-2-3-5-7-9-14(18)20-11-12(16)10-15/h12,15-16H,2-11H2,1H3. The summed E-state index contributed by atoms with van der Waals surface area (Å²) < 4.78 is 9.32. The van der Waals surface area contributed by atoms with Crippen molar-refractivity contribution in [1.82, 2.24) is 0 Å². The molecule has 2 N–H and O–H groups in total. The number of unbranched alkanes of at least 4 members (excludes halogenated alkanes) is 5. The quantitative estimate of drug-likeness (QED) is 0.414. The second-order valence-corrected chi connectivity index (χ2v) is 4.72. The molecule has 0 aromatic heterocycles. The third-order valence-electron chi connectivity index (χ3n) is 2.89. The molecule has 1 unspecified atom stereocenters. The van der Waals surface area contributed by atoms with Crippen LogP contribution in [-0.2, 0) is 19.1 Å². The number of esters is 2. The van der Waals surface area contributed by atoms with Crippen molar-refractivity contribution >= 4 is 11.9 Å². The van der Waals surface area contributed by atoms with E-state index in [4.69, 9.17) is 14.9 Å². The van der Waals surface area contributed by atoms with Crippen LogP contribution in [0, 0.1) is 0 Å². The first-order chi connectivity index (χ1) is 9.60. The van der Waals surface area contributed by atoms with Gasteiger partial charge in [-0.1, -0.05) is 25.7 Å². The van der Waals surface area contributed by atoms with Crippen molar-refractivity contribution in [1.29, 1.82) is 0 Å². The Kier molecular flexibility index (Phi) is 12.1. The first kappa shape index (κ1) is 18.9. The lowest BCUT2D eigenvalue weighted by molar-refractivity contribution is -0.147. The van der Waals surface area contributed by atoms with Gasteiger partial charge in [0.1, 0.15) is 12.7 Å². The molecule has 0 fully saturated rings. The van der Waals surface area contributed by atoms with Crippen molar-refractivity contribution in [3.8, 4) is 0 Å². The highest BCUT2D eigenvalue weighted by molar-refractivity contribution is 5.69. The van der Waals surface area contributed by atoms with Crippen LogP contribution in [-0.4, -0.2) is 48.6 Å². The number of aliphatic hydroxyl groups is 2. The molecule has 0 heterocycles. The predicted octanol–water partition coefficient (Wildman–Crippen LogP) is 1.18. The normalized spacial score (nSPS) is 11.9. The number of hydrogen-bond acceptors (Lipinski definition) is 6. The molecule has 0 saturated carbocycles. The highest BCUT2D eigenvalue weighted by Crippen LogP contribution is 2.09. The van der Waals surface area contributed by atoms with Gasteiger partial charge in [0.05, 0.1) is 13.7 Å². The number of carbonyl (C=O) groups excluding carboxylic acids is 2. The van der Waals surface area contributed by atoms with E-state index in [0.29, 0.717) is 12.8 Å². The average Bonchev–Trinajstić information content (AvgIpc) is 2.46. The Bertz CT molecular complexity index is 266. The lowest BCUT2D eigenvalue weighted by Gasteiger charge is -2.08. The minimum absolute atomic E-state index is 0.150. The molecule has 0 aromatic rings. The molecule has 20 heavy (non-hydrogen) atoms. The maximum Gasteiger partial charge on any atom is 0.305 e. The van der Waals surface area contributed by atoms with Crippen LogP contribution in [0.2, 0.25) is 0 Å². The van der Waals surface area contributed by atoms with E-state index < -0.39 is 12.7 Å². The van der Waals surface area contributed by atoms with Gasteiger partial charge in [0, 0.05) is 12.8 Å². The van der Waals surface area contributed by atoms with E-state index in [1.54, 1.807) is 0 Å². The maximum atomic E-state index is 11.2. The van der Waals surface area contributed by atoms with Gasteiger partial charge >= 0.3 is 11.9 Å². The average molecular weight is 290 g/mol.